The quantitative estimate of drug-likeness (QED) is 0.158. The Bertz CT molecular complexity index is 694. The number of pyridine rings is 1. The lowest BCUT2D eigenvalue weighted by Crippen LogP contribution is -2.37. The van der Waals surface area contributed by atoms with Crippen LogP contribution in [0.5, 0.6) is 0 Å². The average molecular weight is 499 g/mol. The van der Waals surface area contributed by atoms with E-state index in [1.807, 2.05) is 25.2 Å². The molecule has 1 heterocycles. The van der Waals surface area contributed by atoms with Crippen LogP contribution in [0.4, 0.5) is 5.82 Å². The first-order valence-corrected chi connectivity index (χ1v) is 10.2. The fourth-order valence-electron chi connectivity index (χ4n) is 2.54. The summed E-state index contributed by atoms with van der Waals surface area (Å²) in [5.41, 5.74) is 2.59. The standard InChI is InChI=1S/C20H29N5S.HI/c1-16-9-10-17(18(14-16)26-3)15-25-20(21-2)24-13-7-6-12-23-19-8-4-5-11-22-19;/h4-5,8-11,14H,6-7,12-13,15H2,1-3H3,(H,22,23)(H2,21,24,25);1H. The smallest absolute Gasteiger partial charge is 0.191 e. The third kappa shape index (κ3) is 8.83. The summed E-state index contributed by atoms with van der Waals surface area (Å²) in [5, 5.41) is 10.1. The molecule has 1 aromatic heterocycles. The van der Waals surface area contributed by atoms with Gasteiger partial charge in [0.05, 0.1) is 0 Å². The molecule has 5 nitrogen and oxygen atoms in total. The molecule has 7 heteroatoms. The van der Waals surface area contributed by atoms with E-state index in [0.29, 0.717) is 0 Å². The van der Waals surface area contributed by atoms with Gasteiger partial charge in [-0.3, -0.25) is 4.99 Å². The highest BCUT2D eigenvalue weighted by molar-refractivity contribution is 14.0. The highest BCUT2D eigenvalue weighted by Crippen LogP contribution is 2.21. The molecular formula is C20H30IN5S. The number of benzene rings is 1. The lowest BCUT2D eigenvalue weighted by Gasteiger charge is -2.14. The van der Waals surface area contributed by atoms with Gasteiger partial charge in [0.2, 0.25) is 0 Å². The first-order valence-electron chi connectivity index (χ1n) is 8.96. The minimum absolute atomic E-state index is 0. The van der Waals surface area contributed by atoms with E-state index in [0.717, 1.165) is 44.3 Å². The van der Waals surface area contributed by atoms with Gasteiger partial charge in [-0.25, -0.2) is 4.98 Å². The third-order valence-corrected chi connectivity index (χ3v) is 4.80. The molecule has 0 aliphatic rings. The molecule has 0 unspecified atom stereocenters. The molecule has 0 bridgehead atoms. The maximum absolute atomic E-state index is 4.30. The maximum atomic E-state index is 4.30. The second-order valence-corrected chi connectivity index (χ2v) is 6.86. The van der Waals surface area contributed by atoms with Gasteiger partial charge in [-0.2, -0.15) is 0 Å². The number of nitrogens with zero attached hydrogens (tertiary/aromatic N) is 2. The molecule has 0 saturated carbocycles. The van der Waals surface area contributed by atoms with Crippen LogP contribution in [0.15, 0.2) is 52.5 Å². The molecule has 3 N–H and O–H groups in total. The number of nitrogens with one attached hydrogen (secondary N) is 3. The van der Waals surface area contributed by atoms with Gasteiger partial charge in [0.15, 0.2) is 5.96 Å². The Kier molecular flexibility index (Phi) is 11.9. The van der Waals surface area contributed by atoms with Gasteiger partial charge in [-0.05, 0) is 55.3 Å². The molecule has 0 saturated heterocycles. The number of thioether (sulfide) groups is 1. The number of aromatic nitrogens is 1. The minimum Gasteiger partial charge on any atom is -0.370 e. The number of anilines is 1. The summed E-state index contributed by atoms with van der Waals surface area (Å²) in [4.78, 5) is 9.87. The second-order valence-electron chi connectivity index (χ2n) is 6.02. The van der Waals surface area contributed by atoms with Crippen LogP contribution in [0.2, 0.25) is 0 Å². The molecule has 1 aromatic carbocycles. The summed E-state index contributed by atoms with van der Waals surface area (Å²) in [6, 6.07) is 12.5. The van der Waals surface area contributed by atoms with Gasteiger partial charge >= 0.3 is 0 Å². The molecule has 2 rings (SSSR count). The second kappa shape index (κ2) is 13.7. The highest BCUT2D eigenvalue weighted by Gasteiger charge is 2.03. The Morgan fingerprint density at radius 2 is 1.93 bits per heavy atom. The maximum Gasteiger partial charge on any atom is 0.191 e. The summed E-state index contributed by atoms with van der Waals surface area (Å²) < 4.78 is 0. The Morgan fingerprint density at radius 3 is 2.63 bits per heavy atom. The van der Waals surface area contributed by atoms with Crippen LogP contribution in [-0.4, -0.2) is 37.3 Å². The molecule has 0 aliphatic heterocycles. The van der Waals surface area contributed by atoms with Crippen LogP contribution >= 0.6 is 35.7 Å². The van der Waals surface area contributed by atoms with E-state index in [-0.39, 0.29) is 24.0 Å². The summed E-state index contributed by atoms with van der Waals surface area (Å²) in [7, 11) is 1.81. The van der Waals surface area contributed by atoms with E-state index in [9.17, 15) is 0 Å². The SMILES string of the molecule is CN=C(NCCCCNc1ccccn1)NCc1ccc(C)cc1SC.I. The normalized spacial score (nSPS) is 10.9. The van der Waals surface area contributed by atoms with Crippen LogP contribution in [0.3, 0.4) is 0 Å². The van der Waals surface area contributed by atoms with Crippen molar-refractivity contribution in [2.45, 2.75) is 31.2 Å². The molecule has 2 aromatic rings. The van der Waals surface area contributed by atoms with Crippen LogP contribution in [-0.2, 0) is 6.54 Å². The van der Waals surface area contributed by atoms with Crippen LogP contribution in [0, 0.1) is 6.92 Å². The van der Waals surface area contributed by atoms with E-state index in [2.05, 4.69) is 57.3 Å². The van der Waals surface area contributed by atoms with Gasteiger partial charge in [0.1, 0.15) is 5.82 Å². The zero-order valence-electron chi connectivity index (χ0n) is 16.3. The van der Waals surface area contributed by atoms with Crippen LogP contribution in [0.1, 0.15) is 24.0 Å². The fourth-order valence-corrected chi connectivity index (χ4v) is 3.24. The summed E-state index contributed by atoms with van der Waals surface area (Å²) in [6.45, 7) is 4.72. The molecule has 0 radical (unpaired) electrons. The van der Waals surface area contributed by atoms with Crippen molar-refractivity contribution in [1.29, 1.82) is 0 Å². The number of aryl methyl sites for hydroxylation is 1. The zero-order chi connectivity index (χ0) is 18.6. The zero-order valence-corrected chi connectivity index (χ0v) is 19.4. The predicted molar refractivity (Wildman–Crippen MR) is 129 cm³/mol. The number of rotatable bonds is 9. The Balaban J connectivity index is 0.00000364. The van der Waals surface area contributed by atoms with Crippen molar-refractivity contribution in [2.75, 3.05) is 31.7 Å². The number of halogens is 1. The molecular weight excluding hydrogens is 469 g/mol. The molecule has 27 heavy (non-hydrogen) atoms. The van der Waals surface area contributed by atoms with Crippen molar-refractivity contribution < 1.29 is 0 Å². The van der Waals surface area contributed by atoms with Crippen molar-refractivity contribution in [3.05, 3.63) is 53.7 Å². The van der Waals surface area contributed by atoms with Crippen molar-refractivity contribution >= 4 is 47.5 Å². The first kappa shape index (κ1) is 23.6. The summed E-state index contributed by atoms with van der Waals surface area (Å²) >= 11 is 1.78. The van der Waals surface area contributed by atoms with Crippen molar-refractivity contribution in [3.63, 3.8) is 0 Å². The third-order valence-electron chi connectivity index (χ3n) is 3.98. The van der Waals surface area contributed by atoms with E-state index in [4.69, 9.17) is 0 Å². The van der Waals surface area contributed by atoms with E-state index in [1.165, 1.54) is 16.0 Å². The van der Waals surface area contributed by atoms with Crippen molar-refractivity contribution in [3.8, 4) is 0 Å². The summed E-state index contributed by atoms with van der Waals surface area (Å²) in [5.74, 6) is 1.77. The minimum atomic E-state index is 0. The monoisotopic (exact) mass is 499 g/mol. The molecule has 0 spiro atoms. The predicted octanol–water partition coefficient (Wildman–Crippen LogP) is 4.29. The lowest BCUT2D eigenvalue weighted by molar-refractivity contribution is 0.710. The Labute approximate surface area is 184 Å². The molecule has 0 amide bonds. The number of aliphatic imine (C=N–C) groups is 1. The van der Waals surface area contributed by atoms with Crippen molar-refractivity contribution in [1.82, 2.24) is 15.6 Å². The summed E-state index contributed by atoms with van der Waals surface area (Å²) in [6.07, 6.45) is 6.07. The molecule has 0 aliphatic carbocycles. The van der Waals surface area contributed by atoms with Gasteiger partial charge < -0.3 is 16.0 Å². The molecule has 148 valence electrons. The lowest BCUT2D eigenvalue weighted by atomic mass is 10.1. The van der Waals surface area contributed by atoms with Crippen LogP contribution < -0.4 is 16.0 Å². The Hall–Kier alpha value is -1.48. The number of hydrogen-bond donors (Lipinski definition) is 3. The van der Waals surface area contributed by atoms with Gasteiger partial charge in [0.25, 0.3) is 0 Å². The van der Waals surface area contributed by atoms with E-state index in [1.54, 1.807) is 18.0 Å². The van der Waals surface area contributed by atoms with E-state index < -0.39 is 0 Å². The number of unbranched alkanes of at least 4 members (excludes halogenated alkanes) is 1. The van der Waals surface area contributed by atoms with Gasteiger partial charge in [-0.15, -0.1) is 35.7 Å². The van der Waals surface area contributed by atoms with Crippen LogP contribution in [0.25, 0.3) is 0 Å². The highest BCUT2D eigenvalue weighted by atomic mass is 127. The van der Waals surface area contributed by atoms with Gasteiger partial charge in [0, 0.05) is 37.8 Å². The molecule has 0 fully saturated rings. The topological polar surface area (TPSA) is 61.3 Å². The largest absolute Gasteiger partial charge is 0.370 e. The average Bonchev–Trinajstić information content (AvgIpc) is 2.68. The Morgan fingerprint density at radius 1 is 1.11 bits per heavy atom. The number of hydrogen-bond acceptors (Lipinski definition) is 4. The molecule has 0 atom stereocenters. The first-order chi connectivity index (χ1) is 12.7. The van der Waals surface area contributed by atoms with E-state index >= 15 is 0 Å². The van der Waals surface area contributed by atoms with Gasteiger partial charge in [-0.1, -0.05) is 18.2 Å². The fraction of sp³-hybridized carbons (Fsp3) is 0.400. The number of guanidine groups is 1. The van der Waals surface area contributed by atoms with Crippen molar-refractivity contribution in [2.24, 2.45) is 4.99 Å².